The lowest BCUT2D eigenvalue weighted by Gasteiger charge is -2.12. The van der Waals surface area contributed by atoms with Gasteiger partial charge in [0.15, 0.2) is 0 Å². The maximum atomic E-state index is 11.8. The SMILES string of the molecule is O=C1C=C(Br)C(=O)N1c1c[nH]c2ccccc12. The number of carbonyl (C=O) groups is 2. The Morgan fingerprint density at radius 1 is 1.18 bits per heavy atom. The van der Waals surface area contributed by atoms with E-state index in [0.29, 0.717) is 5.69 Å². The van der Waals surface area contributed by atoms with Gasteiger partial charge in [-0.25, -0.2) is 4.90 Å². The second-order valence-corrected chi connectivity index (χ2v) is 4.54. The van der Waals surface area contributed by atoms with Crippen molar-refractivity contribution in [2.45, 2.75) is 0 Å². The van der Waals surface area contributed by atoms with Crippen molar-refractivity contribution in [2.24, 2.45) is 0 Å². The standard InChI is InChI=1S/C12H7BrN2O2/c13-8-5-11(16)15(12(8)17)10-6-14-9-4-2-1-3-7(9)10/h1-6,14H. The summed E-state index contributed by atoms with van der Waals surface area (Å²) in [7, 11) is 0. The third-order valence-electron chi connectivity index (χ3n) is 2.69. The van der Waals surface area contributed by atoms with Gasteiger partial charge in [-0.3, -0.25) is 9.59 Å². The van der Waals surface area contributed by atoms with Crippen molar-refractivity contribution in [3.8, 4) is 0 Å². The van der Waals surface area contributed by atoms with Gasteiger partial charge in [0, 0.05) is 23.2 Å². The zero-order valence-electron chi connectivity index (χ0n) is 8.61. The van der Waals surface area contributed by atoms with E-state index in [1.54, 1.807) is 6.20 Å². The Hall–Kier alpha value is -1.88. The van der Waals surface area contributed by atoms with E-state index in [1.165, 1.54) is 6.08 Å². The summed E-state index contributed by atoms with van der Waals surface area (Å²) in [6.07, 6.45) is 2.95. The smallest absolute Gasteiger partial charge is 0.272 e. The van der Waals surface area contributed by atoms with Crippen molar-refractivity contribution in [3.05, 3.63) is 41.0 Å². The zero-order chi connectivity index (χ0) is 12.0. The molecule has 0 bridgehead atoms. The maximum Gasteiger partial charge on any atom is 0.272 e. The minimum Gasteiger partial charge on any atom is -0.359 e. The molecule has 0 saturated heterocycles. The van der Waals surface area contributed by atoms with Gasteiger partial charge in [-0.1, -0.05) is 18.2 Å². The molecule has 17 heavy (non-hydrogen) atoms. The first-order valence-electron chi connectivity index (χ1n) is 5.00. The maximum absolute atomic E-state index is 11.8. The third-order valence-corrected chi connectivity index (χ3v) is 3.25. The van der Waals surface area contributed by atoms with Gasteiger partial charge in [-0.05, 0) is 22.0 Å². The fraction of sp³-hybridized carbons (Fsp3) is 0. The number of nitrogens with zero attached hydrogens (tertiary/aromatic N) is 1. The van der Waals surface area contributed by atoms with Gasteiger partial charge < -0.3 is 4.98 Å². The average Bonchev–Trinajstić information content (AvgIpc) is 2.82. The van der Waals surface area contributed by atoms with Crippen molar-refractivity contribution >= 4 is 44.3 Å². The van der Waals surface area contributed by atoms with Crippen LogP contribution in [0.5, 0.6) is 0 Å². The zero-order valence-corrected chi connectivity index (χ0v) is 10.2. The molecule has 1 aliphatic rings. The minimum absolute atomic E-state index is 0.285. The molecule has 0 unspecified atom stereocenters. The Morgan fingerprint density at radius 2 is 1.94 bits per heavy atom. The lowest BCUT2D eigenvalue weighted by atomic mass is 10.2. The molecule has 3 rings (SSSR count). The van der Waals surface area contributed by atoms with Gasteiger partial charge in [0.05, 0.1) is 10.2 Å². The van der Waals surface area contributed by atoms with Crippen LogP contribution in [0.4, 0.5) is 5.69 Å². The molecule has 1 aromatic carbocycles. The molecule has 0 atom stereocenters. The van der Waals surface area contributed by atoms with E-state index < -0.39 is 0 Å². The Bertz CT molecular complexity index is 672. The summed E-state index contributed by atoms with van der Waals surface area (Å²) >= 11 is 3.07. The van der Waals surface area contributed by atoms with E-state index in [2.05, 4.69) is 20.9 Å². The second kappa shape index (κ2) is 3.56. The lowest BCUT2D eigenvalue weighted by molar-refractivity contribution is -0.120. The van der Waals surface area contributed by atoms with Gasteiger partial charge >= 0.3 is 0 Å². The number of benzene rings is 1. The van der Waals surface area contributed by atoms with Crippen molar-refractivity contribution in [3.63, 3.8) is 0 Å². The number of halogens is 1. The monoisotopic (exact) mass is 290 g/mol. The molecule has 0 saturated carbocycles. The Labute approximate surface area is 105 Å². The van der Waals surface area contributed by atoms with Crippen LogP contribution in [0.25, 0.3) is 10.9 Å². The summed E-state index contributed by atoms with van der Waals surface area (Å²) in [5.74, 6) is -0.661. The Morgan fingerprint density at radius 3 is 2.65 bits per heavy atom. The summed E-state index contributed by atoms with van der Waals surface area (Å²) in [5, 5.41) is 0.852. The highest BCUT2D eigenvalue weighted by molar-refractivity contribution is 9.12. The van der Waals surface area contributed by atoms with Crippen LogP contribution in [0.15, 0.2) is 41.0 Å². The van der Waals surface area contributed by atoms with Gasteiger partial charge in [-0.2, -0.15) is 0 Å². The van der Waals surface area contributed by atoms with E-state index in [-0.39, 0.29) is 16.3 Å². The van der Waals surface area contributed by atoms with Crippen LogP contribution < -0.4 is 4.90 Å². The van der Waals surface area contributed by atoms with Gasteiger partial charge in [0.25, 0.3) is 11.8 Å². The van der Waals surface area contributed by atoms with E-state index in [1.807, 2.05) is 24.3 Å². The summed E-state index contributed by atoms with van der Waals surface area (Å²) < 4.78 is 0.285. The number of aromatic amines is 1. The first-order chi connectivity index (χ1) is 8.18. The highest BCUT2D eigenvalue weighted by Crippen LogP contribution is 2.31. The van der Waals surface area contributed by atoms with Crippen LogP contribution >= 0.6 is 15.9 Å². The molecule has 5 heteroatoms. The number of carbonyl (C=O) groups excluding carboxylic acids is 2. The summed E-state index contributed by atoms with van der Waals surface area (Å²) in [6, 6.07) is 7.53. The molecule has 0 radical (unpaired) electrons. The number of para-hydroxylation sites is 1. The van der Waals surface area contributed by atoms with Crippen molar-refractivity contribution in [1.29, 1.82) is 0 Å². The fourth-order valence-electron chi connectivity index (χ4n) is 1.91. The van der Waals surface area contributed by atoms with Crippen LogP contribution in [0.1, 0.15) is 0 Å². The first kappa shape index (κ1) is 10.3. The summed E-state index contributed by atoms with van der Waals surface area (Å²) in [6.45, 7) is 0. The van der Waals surface area contributed by atoms with Gasteiger partial charge in [0.1, 0.15) is 0 Å². The summed E-state index contributed by atoms with van der Waals surface area (Å²) in [5.41, 5.74) is 1.48. The van der Waals surface area contributed by atoms with E-state index >= 15 is 0 Å². The molecular formula is C12H7BrN2O2. The molecule has 2 aromatic rings. The molecule has 1 aliphatic heterocycles. The van der Waals surface area contributed by atoms with Crippen LogP contribution in [-0.2, 0) is 9.59 Å². The van der Waals surface area contributed by atoms with Crippen LogP contribution in [-0.4, -0.2) is 16.8 Å². The number of aromatic nitrogens is 1. The Balaban J connectivity index is 2.18. The molecule has 2 amide bonds. The predicted molar refractivity (Wildman–Crippen MR) is 67.8 cm³/mol. The van der Waals surface area contributed by atoms with E-state index in [4.69, 9.17) is 0 Å². The Kier molecular flexibility index (Phi) is 2.16. The van der Waals surface area contributed by atoms with E-state index in [9.17, 15) is 9.59 Å². The molecule has 84 valence electrons. The largest absolute Gasteiger partial charge is 0.359 e. The first-order valence-corrected chi connectivity index (χ1v) is 5.79. The second-order valence-electron chi connectivity index (χ2n) is 3.69. The number of hydrogen-bond acceptors (Lipinski definition) is 2. The number of rotatable bonds is 1. The van der Waals surface area contributed by atoms with Gasteiger partial charge in [0.2, 0.25) is 0 Å². The molecule has 0 fully saturated rings. The topological polar surface area (TPSA) is 53.2 Å². The van der Waals surface area contributed by atoms with Crippen molar-refractivity contribution in [2.75, 3.05) is 4.90 Å². The highest BCUT2D eigenvalue weighted by Gasteiger charge is 2.32. The molecule has 1 aromatic heterocycles. The molecule has 1 N–H and O–H groups in total. The fourth-order valence-corrected chi connectivity index (χ4v) is 2.28. The molecular weight excluding hydrogens is 284 g/mol. The normalized spacial score (nSPS) is 15.8. The number of hydrogen-bond donors (Lipinski definition) is 1. The lowest BCUT2D eigenvalue weighted by Crippen LogP contribution is -2.29. The van der Waals surface area contributed by atoms with Crippen molar-refractivity contribution in [1.82, 2.24) is 4.98 Å². The minimum atomic E-state index is -0.334. The van der Waals surface area contributed by atoms with E-state index in [0.717, 1.165) is 15.8 Å². The van der Waals surface area contributed by atoms with Crippen molar-refractivity contribution < 1.29 is 9.59 Å². The average molecular weight is 291 g/mol. The molecule has 4 nitrogen and oxygen atoms in total. The third kappa shape index (κ3) is 1.43. The molecule has 2 heterocycles. The number of amides is 2. The van der Waals surface area contributed by atoms with Crippen LogP contribution in [0.3, 0.4) is 0 Å². The quantitative estimate of drug-likeness (QED) is 0.820. The number of H-pyrrole nitrogens is 1. The number of anilines is 1. The number of imide groups is 1. The number of nitrogens with one attached hydrogen (secondary N) is 1. The van der Waals surface area contributed by atoms with Crippen LogP contribution in [0, 0.1) is 0 Å². The number of fused-ring (bicyclic) bond motifs is 1. The van der Waals surface area contributed by atoms with Gasteiger partial charge in [-0.15, -0.1) is 0 Å². The predicted octanol–water partition coefficient (Wildman–Crippen LogP) is 2.32. The molecule has 0 aliphatic carbocycles. The summed E-state index contributed by atoms with van der Waals surface area (Å²) in [4.78, 5) is 27.7. The highest BCUT2D eigenvalue weighted by atomic mass is 79.9. The van der Waals surface area contributed by atoms with Crippen LogP contribution in [0.2, 0.25) is 0 Å². The molecule has 0 spiro atoms.